The molecule has 1 spiro atoms. The van der Waals surface area contributed by atoms with Crippen LogP contribution in [-0.2, 0) is 9.47 Å². The smallest absolute Gasteiger partial charge is 0.185 e. The van der Waals surface area contributed by atoms with Crippen molar-refractivity contribution in [3.8, 4) is 0 Å². The number of alkyl halides is 1. The average molecular weight is 272 g/mol. The van der Waals surface area contributed by atoms with E-state index in [-0.39, 0.29) is 5.38 Å². The molecule has 0 saturated heterocycles. The summed E-state index contributed by atoms with van der Waals surface area (Å²) in [7, 11) is 0. The molecule has 0 N–H and O–H groups in total. The van der Waals surface area contributed by atoms with Gasteiger partial charge in [0, 0.05) is 6.42 Å². The van der Waals surface area contributed by atoms with Gasteiger partial charge < -0.3 is 9.47 Å². The van der Waals surface area contributed by atoms with Crippen LogP contribution >= 0.6 is 34.8 Å². The van der Waals surface area contributed by atoms with Gasteiger partial charge in [-0.05, 0) is 12.8 Å². The summed E-state index contributed by atoms with van der Waals surface area (Å²) in [4.78, 5) is 0. The summed E-state index contributed by atoms with van der Waals surface area (Å²) >= 11 is 18.1. The fourth-order valence-corrected chi connectivity index (χ4v) is 2.57. The normalized spacial score (nSPS) is 31.8. The average Bonchev–Trinajstić information content (AvgIpc) is 2.37. The minimum Gasteiger partial charge on any atom is -0.343 e. The van der Waals surface area contributed by atoms with E-state index >= 15 is 0 Å². The van der Waals surface area contributed by atoms with Gasteiger partial charge in [-0.2, -0.15) is 0 Å². The van der Waals surface area contributed by atoms with E-state index in [9.17, 15) is 0 Å². The van der Waals surface area contributed by atoms with Crippen molar-refractivity contribution in [3.63, 3.8) is 0 Å². The van der Waals surface area contributed by atoms with E-state index < -0.39 is 5.79 Å². The first kappa shape index (κ1) is 12.0. The number of hydrogen-bond donors (Lipinski definition) is 0. The third-order valence-electron chi connectivity index (χ3n) is 2.89. The van der Waals surface area contributed by atoms with E-state index in [1.807, 2.05) is 0 Å². The number of rotatable bonds is 0. The van der Waals surface area contributed by atoms with Crippen LogP contribution in [0.4, 0.5) is 0 Å². The molecular formula is C10H13Cl3O2. The van der Waals surface area contributed by atoms with Crippen LogP contribution in [0.25, 0.3) is 0 Å². The second kappa shape index (κ2) is 4.80. The molecule has 1 fully saturated rings. The van der Waals surface area contributed by atoms with E-state index in [1.165, 1.54) is 0 Å². The lowest BCUT2D eigenvalue weighted by Gasteiger charge is -2.39. The van der Waals surface area contributed by atoms with Crippen molar-refractivity contribution in [1.29, 1.82) is 0 Å². The molecule has 2 aliphatic rings. The summed E-state index contributed by atoms with van der Waals surface area (Å²) in [5, 5.41) is 0.921. The molecular weight excluding hydrogens is 258 g/mol. The van der Waals surface area contributed by atoms with Crippen LogP contribution in [0.2, 0.25) is 0 Å². The maximum atomic E-state index is 6.27. The highest BCUT2D eigenvalue weighted by Gasteiger charge is 2.43. The van der Waals surface area contributed by atoms with E-state index in [2.05, 4.69) is 0 Å². The molecule has 1 aliphatic heterocycles. The highest BCUT2D eigenvalue weighted by molar-refractivity contribution is 6.39. The molecule has 5 heteroatoms. The van der Waals surface area contributed by atoms with Gasteiger partial charge in [0.1, 0.15) is 0 Å². The van der Waals surface area contributed by atoms with E-state index in [4.69, 9.17) is 44.3 Å². The molecule has 1 unspecified atom stereocenters. The summed E-state index contributed by atoms with van der Waals surface area (Å²) in [6.45, 7) is 0.590. The van der Waals surface area contributed by atoms with Gasteiger partial charge in [-0.15, -0.1) is 11.6 Å². The van der Waals surface area contributed by atoms with E-state index in [0.717, 1.165) is 25.7 Å². The van der Waals surface area contributed by atoms with Crippen molar-refractivity contribution >= 4 is 34.8 Å². The molecule has 0 bridgehead atoms. The monoisotopic (exact) mass is 270 g/mol. The molecule has 0 aromatic rings. The Bertz CT molecular complexity index is 262. The van der Waals surface area contributed by atoms with Crippen molar-refractivity contribution < 1.29 is 9.47 Å². The number of ether oxygens (including phenoxy) is 2. The molecule has 0 aromatic carbocycles. The summed E-state index contributed by atoms with van der Waals surface area (Å²) < 4.78 is 11.4. The molecule has 86 valence electrons. The lowest BCUT2D eigenvalue weighted by Crippen LogP contribution is -2.46. The first-order valence-electron chi connectivity index (χ1n) is 5.09. The minimum atomic E-state index is -0.684. The molecule has 1 heterocycles. The van der Waals surface area contributed by atoms with Gasteiger partial charge in [-0.3, -0.25) is 0 Å². The summed E-state index contributed by atoms with van der Waals surface area (Å²) in [5.74, 6) is -0.684. The van der Waals surface area contributed by atoms with Crippen LogP contribution in [0.5, 0.6) is 0 Å². The maximum Gasteiger partial charge on any atom is 0.185 e. The third kappa shape index (κ3) is 2.45. The Morgan fingerprint density at radius 2 is 1.67 bits per heavy atom. The van der Waals surface area contributed by atoms with Crippen LogP contribution in [0.3, 0.4) is 0 Å². The molecule has 1 aliphatic carbocycles. The Labute approximate surface area is 104 Å². The van der Waals surface area contributed by atoms with E-state index in [0.29, 0.717) is 23.3 Å². The van der Waals surface area contributed by atoms with Crippen molar-refractivity contribution in [2.24, 2.45) is 0 Å². The fraction of sp³-hybridized carbons (Fsp3) is 0.800. The van der Waals surface area contributed by atoms with Gasteiger partial charge in [0.2, 0.25) is 0 Å². The van der Waals surface area contributed by atoms with Crippen molar-refractivity contribution in [2.45, 2.75) is 36.8 Å². The Hall–Kier alpha value is 0.530. The first-order chi connectivity index (χ1) is 7.14. The largest absolute Gasteiger partial charge is 0.343 e. The van der Waals surface area contributed by atoms with Crippen LogP contribution < -0.4 is 0 Å². The van der Waals surface area contributed by atoms with Crippen LogP contribution in [0, 0.1) is 0 Å². The highest BCUT2D eigenvalue weighted by Crippen LogP contribution is 2.39. The Morgan fingerprint density at radius 3 is 2.20 bits per heavy atom. The minimum absolute atomic E-state index is 0.113. The second-order valence-electron chi connectivity index (χ2n) is 3.91. The fourth-order valence-electron chi connectivity index (χ4n) is 1.97. The number of halogens is 3. The standard InChI is InChI=1S/C10H13Cl3O2/c11-7-5-14-10(15-6-8(7)12)4-2-1-3-9(10)13/h9H,1-6H2. The van der Waals surface area contributed by atoms with Gasteiger partial charge in [0.25, 0.3) is 0 Å². The molecule has 0 radical (unpaired) electrons. The third-order valence-corrected chi connectivity index (χ3v) is 4.21. The summed E-state index contributed by atoms with van der Waals surface area (Å²) in [6.07, 6.45) is 3.92. The maximum absolute atomic E-state index is 6.27. The lowest BCUT2D eigenvalue weighted by molar-refractivity contribution is -0.235. The predicted molar refractivity (Wildman–Crippen MR) is 61.5 cm³/mol. The highest BCUT2D eigenvalue weighted by atomic mass is 35.5. The van der Waals surface area contributed by atoms with Gasteiger partial charge in [-0.25, -0.2) is 0 Å². The Morgan fingerprint density at radius 1 is 1.07 bits per heavy atom. The molecule has 0 amide bonds. The SMILES string of the molecule is ClC1=C(Cl)COC2(CCCCC2Cl)OC1. The van der Waals surface area contributed by atoms with Gasteiger partial charge >= 0.3 is 0 Å². The first-order valence-corrected chi connectivity index (χ1v) is 6.28. The molecule has 2 rings (SSSR count). The topological polar surface area (TPSA) is 18.5 Å². The lowest BCUT2D eigenvalue weighted by atomic mass is 9.93. The molecule has 2 nitrogen and oxygen atoms in total. The predicted octanol–water partition coefficient (Wildman–Crippen LogP) is 3.60. The number of hydrogen-bond acceptors (Lipinski definition) is 2. The van der Waals surface area contributed by atoms with Gasteiger partial charge in [-0.1, -0.05) is 29.6 Å². The van der Waals surface area contributed by atoms with Crippen LogP contribution in [0.15, 0.2) is 10.1 Å². The van der Waals surface area contributed by atoms with Crippen LogP contribution in [-0.4, -0.2) is 24.4 Å². The van der Waals surface area contributed by atoms with Crippen molar-refractivity contribution in [1.82, 2.24) is 0 Å². The molecule has 1 atom stereocenters. The Kier molecular flexibility index (Phi) is 3.84. The molecule has 0 aromatic heterocycles. The van der Waals surface area contributed by atoms with Gasteiger partial charge in [0.15, 0.2) is 5.79 Å². The molecule has 15 heavy (non-hydrogen) atoms. The summed E-state index contributed by atoms with van der Waals surface area (Å²) in [5.41, 5.74) is 0. The van der Waals surface area contributed by atoms with Crippen molar-refractivity contribution in [2.75, 3.05) is 13.2 Å². The second-order valence-corrected chi connectivity index (χ2v) is 5.35. The zero-order valence-corrected chi connectivity index (χ0v) is 10.5. The zero-order chi connectivity index (χ0) is 10.9. The van der Waals surface area contributed by atoms with E-state index in [1.54, 1.807) is 0 Å². The van der Waals surface area contributed by atoms with Crippen LogP contribution in [0.1, 0.15) is 25.7 Å². The quantitative estimate of drug-likeness (QED) is 0.627. The molecule has 1 saturated carbocycles. The zero-order valence-electron chi connectivity index (χ0n) is 8.27. The van der Waals surface area contributed by atoms with Crippen molar-refractivity contribution in [3.05, 3.63) is 10.1 Å². The van der Waals surface area contributed by atoms with Gasteiger partial charge in [0.05, 0.1) is 28.7 Å². The Balaban J connectivity index is 2.11. The summed E-state index contributed by atoms with van der Waals surface area (Å²) in [6, 6.07) is 0.